The van der Waals surface area contributed by atoms with Crippen molar-refractivity contribution in [3.63, 3.8) is 0 Å². The molecule has 2 fully saturated rings. The third-order valence-corrected chi connectivity index (χ3v) is 6.60. The number of ether oxygens (including phenoxy) is 3. The maximum Gasteiger partial charge on any atom is 0.408 e. The summed E-state index contributed by atoms with van der Waals surface area (Å²) in [7, 11) is 0. The molecule has 2 bridgehead atoms. The highest BCUT2D eigenvalue weighted by atomic mass is 19.4. The number of hydrogen-bond donors (Lipinski definition) is 2. The van der Waals surface area contributed by atoms with E-state index in [1.165, 1.54) is 17.0 Å². The number of anilines is 3. The van der Waals surface area contributed by atoms with Crippen molar-refractivity contribution in [1.82, 2.24) is 20.5 Å². The SMILES string of the molecule is CC(NC(=O)c1ccc2c(n1)N(C(=O)Nc1ccc(OC[C@@H]3COC(C)(C)O3)nn1)[C@H]1CCN2C1)C(F)(F)F. The minimum Gasteiger partial charge on any atom is -0.474 e. The highest BCUT2D eigenvalue weighted by Crippen LogP contribution is 2.39. The topological polar surface area (TPSA) is 131 Å². The van der Waals surface area contributed by atoms with Crippen LogP contribution >= 0.6 is 0 Å². The van der Waals surface area contributed by atoms with Gasteiger partial charge in [-0.05, 0) is 45.4 Å². The van der Waals surface area contributed by atoms with E-state index < -0.39 is 29.9 Å². The lowest BCUT2D eigenvalue weighted by molar-refractivity contribution is -0.149. The lowest BCUT2D eigenvalue weighted by atomic mass is 10.1. The van der Waals surface area contributed by atoms with Crippen LogP contribution in [0.4, 0.5) is 35.3 Å². The molecule has 2 saturated heterocycles. The average molecular weight is 552 g/mol. The van der Waals surface area contributed by atoms with E-state index in [-0.39, 0.29) is 42.0 Å². The number of alkyl halides is 3. The molecule has 3 amide bonds. The van der Waals surface area contributed by atoms with Crippen molar-refractivity contribution in [2.45, 2.75) is 57.3 Å². The Balaban J connectivity index is 1.27. The summed E-state index contributed by atoms with van der Waals surface area (Å²) >= 11 is 0. The second-order valence-electron chi connectivity index (χ2n) is 9.98. The van der Waals surface area contributed by atoms with E-state index in [2.05, 4.69) is 20.5 Å². The molecule has 2 N–H and O–H groups in total. The van der Waals surface area contributed by atoms with Crippen LogP contribution in [0.5, 0.6) is 5.88 Å². The van der Waals surface area contributed by atoms with Gasteiger partial charge < -0.3 is 24.4 Å². The molecule has 0 aromatic carbocycles. The number of urea groups is 1. The molecule has 210 valence electrons. The van der Waals surface area contributed by atoms with Crippen LogP contribution in [0.25, 0.3) is 0 Å². The number of aromatic nitrogens is 3. The smallest absolute Gasteiger partial charge is 0.408 e. The van der Waals surface area contributed by atoms with Gasteiger partial charge in [-0.2, -0.15) is 13.2 Å². The lowest BCUT2D eigenvalue weighted by Gasteiger charge is -2.35. The van der Waals surface area contributed by atoms with Crippen LogP contribution in [0, 0.1) is 0 Å². The van der Waals surface area contributed by atoms with Crippen LogP contribution in [0.2, 0.25) is 0 Å². The van der Waals surface area contributed by atoms with Gasteiger partial charge in [-0.25, -0.2) is 9.78 Å². The van der Waals surface area contributed by atoms with Crippen LogP contribution in [0.3, 0.4) is 0 Å². The minimum atomic E-state index is -4.60. The fourth-order valence-electron chi connectivity index (χ4n) is 4.61. The Kier molecular flexibility index (Phi) is 6.97. The number of hydrogen-bond acceptors (Lipinski definition) is 9. The molecular weight excluding hydrogens is 523 g/mol. The Hall–Kier alpha value is -3.72. The molecule has 3 aliphatic heterocycles. The molecule has 0 radical (unpaired) electrons. The molecule has 5 rings (SSSR count). The van der Waals surface area contributed by atoms with Crippen molar-refractivity contribution >= 4 is 29.3 Å². The first kappa shape index (κ1) is 26.9. The zero-order valence-electron chi connectivity index (χ0n) is 21.5. The molecule has 39 heavy (non-hydrogen) atoms. The van der Waals surface area contributed by atoms with Gasteiger partial charge >= 0.3 is 12.2 Å². The van der Waals surface area contributed by atoms with Crippen molar-refractivity contribution in [2.75, 3.05) is 41.4 Å². The third-order valence-electron chi connectivity index (χ3n) is 6.60. The summed E-state index contributed by atoms with van der Waals surface area (Å²) in [5.74, 6) is -1.08. The Morgan fingerprint density at radius 3 is 2.69 bits per heavy atom. The Labute approximate surface area is 221 Å². The molecule has 1 unspecified atom stereocenters. The van der Waals surface area contributed by atoms with Crippen molar-refractivity contribution in [3.05, 3.63) is 30.0 Å². The second-order valence-corrected chi connectivity index (χ2v) is 9.98. The number of amides is 3. The third kappa shape index (κ3) is 5.83. The number of nitrogens with zero attached hydrogens (tertiary/aromatic N) is 5. The van der Waals surface area contributed by atoms with Crippen molar-refractivity contribution in [1.29, 1.82) is 0 Å². The molecule has 2 aromatic heterocycles. The molecular formula is C24H28F3N7O5. The highest BCUT2D eigenvalue weighted by molar-refractivity contribution is 6.05. The lowest BCUT2D eigenvalue weighted by Crippen LogP contribution is -2.49. The van der Waals surface area contributed by atoms with E-state index in [1.807, 2.05) is 24.1 Å². The summed E-state index contributed by atoms with van der Waals surface area (Å²) in [6, 6.07) is 3.15. The van der Waals surface area contributed by atoms with E-state index in [4.69, 9.17) is 14.2 Å². The predicted molar refractivity (Wildman–Crippen MR) is 132 cm³/mol. The number of rotatable bonds is 6. The molecule has 0 spiro atoms. The fraction of sp³-hybridized carbons (Fsp3) is 0.542. The average Bonchev–Trinajstić information content (AvgIpc) is 3.45. The van der Waals surface area contributed by atoms with Crippen molar-refractivity contribution < 1.29 is 37.0 Å². The Morgan fingerprint density at radius 2 is 2.03 bits per heavy atom. The summed E-state index contributed by atoms with van der Waals surface area (Å²) in [5.41, 5.74) is 0.377. The van der Waals surface area contributed by atoms with Gasteiger partial charge in [0.1, 0.15) is 24.4 Å². The maximum absolute atomic E-state index is 13.3. The molecule has 2 aromatic rings. The van der Waals surface area contributed by atoms with Gasteiger partial charge in [0.25, 0.3) is 5.91 Å². The standard InChI is InChI=1S/C24H28F3N7O5/c1-13(24(25,26)27)28-21(35)16-4-5-17-20(29-16)34(14-8-9-33(17)10-14)22(36)30-18-6-7-19(32-31-18)37-11-15-12-38-23(2,3)39-15/h4-7,13-15H,8-12H2,1-3H3,(H,28,35)(H,30,31,36)/t13?,14-,15+/m0/s1. The van der Waals surface area contributed by atoms with Gasteiger partial charge in [0, 0.05) is 19.2 Å². The first-order valence-corrected chi connectivity index (χ1v) is 12.4. The number of fused-ring (bicyclic) bond motifs is 4. The Morgan fingerprint density at radius 1 is 1.23 bits per heavy atom. The van der Waals surface area contributed by atoms with Crippen LogP contribution in [-0.4, -0.2) is 83.6 Å². The van der Waals surface area contributed by atoms with Gasteiger partial charge in [-0.3, -0.25) is 15.0 Å². The van der Waals surface area contributed by atoms with Crippen LogP contribution in [0.1, 0.15) is 37.7 Å². The van der Waals surface area contributed by atoms with E-state index in [9.17, 15) is 22.8 Å². The maximum atomic E-state index is 13.3. The monoisotopic (exact) mass is 551 g/mol. The molecule has 5 heterocycles. The number of halogens is 3. The van der Waals surface area contributed by atoms with Crippen molar-refractivity contribution in [3.8, 4) is 5.88 Å². The fourth-order valence-corrected chi connectivity index (χ4v) is 4.61. The molecule has 3 aliphatic rings. The number of carbonyl (C=O) groups is 2. The molecule has 0 saturated carbocycles. The quantitative estimate of drug-likeness (QED) is 0.556. The zero-order chi connectivity index (χ0) is 27.9. The Bertz CT molecular complexity index is 1240. The van der Waals surface area contributed by atoms with E-state index in [0.717, 1.165) is 6.92 Å². The van der Waals surface area contributed by atoms with Gasteiger partial charge in [-0.1, -0.05) is 0 Å². The van der Waals surface area contributed by atoms with Gasteiger partial charge in [0.2, 0.25) is 5.88 Å². The molecule has 15 heteroatoms. The molecule has 3 atom stereocenters. The largest absolute Gasteiger partial charge is 0.474 e. The van der Waals surface area contributed by atoms with Crippen molar-refractivity contribution in [2.24, 2.45) is 0 Å². The number of carbonyl (C=O) groups excluding carboxylic acids is 2. The van der Waals surface area contributed by atoms with Gasteiger partial charge in [0.05, 0.1) is 18.3 Å². The van der Waals surface area contributed by atoms with Crippen LogP contribution < -0.4 is 25.2 Å². The molecule has 0 aliphatic carbocycles. The summed E-state index contributed by atoms with van der Waals surface area (Å²) in [6.07, 6.45) is -4.20. The van der Waals surface area contributed by atoms with Crippen LogP contribution in [-0.2, 0) is 9.47 Å². The van der Waals surface area contributed by atoms with Gasteiger partial charge in [-0.15, -0.1) is 10.2 Å². The number of pyridine rings is 1. The van der Waals surface area contributed by atoms with E-state index >= 15 is 0 Å². The molecule has 12 nitrogen and oxygen atoms in total. The summed E-state index contributed by atoms with van der Waals surface area (Å²) in [6.45, 7) is 6.30. The van der Waals surface area contributed by atoms with Crippen LogP contribution in [0.15, 0.2) is 24.3 Å². The normalized spacial score (nSPS) is 22.3. The van der Waals surface area contributed by atoms with E-state index in [1.54, 1.807) is 12.1 Å². The minimum absolute atomic E-state index is 0.156. The first-order valence-electron chi connectivity index (χ1n) is 12.4. The first-order chi connectivity index (χ1) is 18.4. The summed E-state index contributed by atoms with van der Waals surface area (Å²) in [4.78, 5) is 33.5. The second kappa shape index (κ2) is 10.1. The summed E-state index contributed by atoms with van der Waals surface area (Å²) < 4.78 is 55.5. The predicted octanol–water partition coefficient (Wildman–Crippen LogP) is 2.71. The highest BCUT2D eigenvalue weighted by Gasteiger charge is 2.41. The van der Waals surface area contributed by atoms with E-state index in [0.29, 0.717) is 31.8 Å². The summed E-state index contributed by atoms with van der Waals surface area (Å²) in [5, 5.41) is 12.6. The zero-order valence-corrected chi connectivity index (χ0v) is 21.5. The number of nitrogens with one attached hydrogen (secondary N) is 2. The van der Waals surface area contributed by atoms with Gasteiger partial charge in [0.15, 0.2) is 17.4 Å².